The third-order valence-electron chi connectivity index (χ3n) is 2.00. The third-order valence-corrected chi connectivity index (χ3v) is 2.88. The summed E-state index contributed by atoms with van der Waals surface area (Å²) in [6, 6.07) is 4.70. The van der Waals surface area contributed by atoms with Gasteiger partial charge >= 0.3 is 0 Å². The number of hydrogen-bond donors (Lipinski definition) is 2. The van der Waals surface area contributed by atoms with Crippen LogP contribution < -0.4 is 5.32 Å². The molecule has 1 atom stereocenters. The van der Waals surface area contributed by atoms with Gasteiger partial charge in [0.2, 0.25) is 0 Å². The molecule has 2 nitrogen and oxygen atoms in total. The van der Waals surface area contributed by atoms with E-state index in [1.54, 1.807) is 11.3 Å². The fourth-order valence-corrected chi connectivity index (χ4v) is 1.84. The van der Waals surface area contributed by atoms with Crippen LogP contribution in [0.1, 0.15) is 24.6 Å². The van der Waals surface area contributed by atoms with Crippen LogP contribution in [-0.2, 0) is 6.54 Å². The van der Waals surface area contributed by atoms with Crippen molar-refractivity contribution in [3.05, 3.63) is 22.4 Å². The molecule has 0 aliphatic carbocycles. The molecule has 0 amide bonds. The Balaban J connectivity index is 2.11. The molecule has 1 unspecified atom stereocenters. The largest absolute Gasteiger partial charge is 0.396 e. The topological polar surface area (TPSA) is 32.3 Å². The van der Waals surface area contributed by atoms with Crippen LogP contribution in [0.25, 0.3) is 0 Å². The Labute approximate surface area is 83.6 Å². The maximum Gasteiger partial charge on any atom is 0.0431 e. The maximum atomic E-state index is 8.64. The number of thiophene rings is 1. The lowest BCUT2D eigenvalue weighted by Crippen LogP contribution is -2.25. The molecule has 3 heteroatoms. The average Bonchev–Trinajstić information content (AvgIpc) is 2.64. The zero-order chi connectivity index (χ0) is 9.52. The maximum absolute atomic E-state index is 8.64. The molecule has 0 aromatic carbocycles. The number of rotatable bonds is 6. The van der Waals surface area contributed by atoms with Gasteiger partial charge in [0.25, 0.3) is 0 Å². The molecule has 1 aromatic heterocycles. The summed E-state index contributed by atoms with van der Waals surface area (Å²) in [6.07, 6.45) is 1.93. The number of nitrogens with one attached hydrogen (secondary N) is 1. The van der Waals surface area contributed by atoms with Crippen molar-refractivity contribution in [2.45, 2.75) is 32.4 Å². The lowest BCUT2D eigenvalue weighted by atomic mass is 10.2. The van der Waals surface area contributed by atoms with Gasteiger partial charge in [-0.05, 0) is 31.2 Å². The summed E-state index contributed by atoms with van der Waals surface area (Å²) in [4.78, 5) is 1.37. The Morgan fingerprint density at radius 3 is 3.08 bits per heavy atom. The van der Waals surface area contributed by atoms with Crippen LogP contribution in [-0.4, -0.2) is 17.8 Å². The van der Waals surface area contributed by atoms with Gasteiger partial charge in [0, 0.05) is 24.1 Å². The molecule has 1 rings (SSSR count). The van der Waals surface area contributed by atoms with Crippen molar-refractivity contribution in [2.75, 3.05) is 6.61 Å². The predicted molar refractivity (Wildman–Crippen MR) is 56.9 cm³/mol. The minimum absolute atomic E-state index is 0.297. The van der Waals surface area contributed by atoms with Crippen LogP contribution >= 0.6 is 11.3 Å². The van der Waals surface area contributed by atoms with Gasteiger partial charge in [-0.25, -0.2) is 0 Å². The molecule has 0 spiro atoms. The Hall–Kier alpha value is -0.380. The lowest BCUT2D eigenvalue weighted by molar-refractivity contribution is 0.276. The second-order valence-electron chi connectivity index (χ2n) is 3.23. The number of aliphatic hydroxyl groups is 1. The third kappa shape index (κ3) is 4.41. The minimum atomic E-state index is 0.297. The first-order chi connectivity index (χ1) is 6.33. The van der Waals surface area contributed by atoms with E-state index in [1.807, 2.05) is 0 Å². The summed E-state index contributed by atoms with van der Waals surface area (Å²) < 4.78 is 0. The van der Waals surface area contributed by atoms with Crippen molar-refractivity contribution in [3.8, 4) is 0 Å². The van der Waals surface area contributed by atoms with Crippen molar-refractivity contribution >= 4 is 11.3 Å². The molecule has 13 heavy (non-hydrogen) atoms. The quantitative estimate of drug-likeness (QED) is 0.734. The standard InChI is InChI=1S/C10H17NOS/c1-9(4-2-6-12)11-8-10-5-3-7-13-10/h3,5,7,9,11-12H,2,4,6,8H2,1H3. The van der Waals surface area contributed by atoms with Crippen LogP contribution in [0.3, 0.4) is 0 Å². The van der Waals surface area contributed by atoms with Gasteiger partial charge in [-0.3, -0.25) is 0 Å². The van der Waals surface area contributed by atoms with Crippen molar-refractivity contribution in [3.63, 3.8) is 0 Å². The molecule has 0 radical (unpaired) electrons. The number of hydrogen-bond acceptors (Lipinski definition) is 3. The molecular formula is C10H17NOS. The van der Waals surface area contributed by atoms with E-state index in [9.17, 15) is 0 Å². The first kappa shape index (κ1) is 10.7. The van der Waals surface area contributed by atoms with E-state index in [-0.39, 0.29) is 0 Å². The Bertz CT molecular complexity index is 211. The van der Waals surface area contributed by atoms with Crippen molar-refractivity contribution < 1.29 is 5.11 Å². The molecule has 1 heterocycles. The highest BCUT2D eigenvalue weighted by Gasteiger charge is 2.00. The van der Waals surface area contributed by atoms with E-state index in [0.717, 1.165) is 19.4 Å². The zero-order valence-corrected chi connectivity index (χ0v) is 8.81. The average molecular weight is 199 g/mol. The first-order valence-corrected chi connectivity index (χ1v) is 5.57. The number of aliphatic hydroxyl groups excluding tert-OH is 1. The van der Waals surface area contributed by atoms with E-state index in [0.29, 0.717) is 12.6 Å². The van der Waals surface area contributed by atoms with E-state index in [1.165, 1.54) is 4.88 Å². The highest BCUT2D eigenvalue weighted by atomic mass is 32.1. The summed E-state index contributed by atoms with van der Waals surface area (Å²) in [7, 11) is 0. The Morgan fingerprint density at radius 2 is 2.46 bits per heavy atom. The molecule has 0 bridgehead atoms. The minimum Gasteiger partial charge on any atom is -0.396 e. The monoisotopic (exact) mass is 199 g/mol. The normalized spacial score (nSPS) is 13.1. The fraction of sp³-hybridized carbons (Fsp3) is 0.600. The predicted octanol–water partition coefficient (Wildman–Crippen LogP) is 2.00. The molecule has 2 N–H and O–H groups in total. The molecule has 0 aliphatic heterocycles. The molecule has 74 valence electrons. The van der Waals surface area contributed by atoms with Gasteiger partial charge in [0.05, 0.1) is 0 Å². The summed E-state index contributed by atoms with van der Waals surface area (Å²) in [5.41, 5.74) is 0. The van der Waals surface area contributed by atoms with E-state index < -0.39 is 0 Å². The van der Waals surface area contributed by atoms with Gasteiger partial charge in [0.1, 0.15) is 0 Å². The fourth-order valence-electron chi connectivity index (χ4n) is 1.19. The lowest BCUT2D eigenvalue weighted by Gasteiger charge is -2.11. The molecule has 1 aromatic rings. The Morgan fingerprint density at radius 1 is 1.62 bits per heavy atom. The van der Waals surface area contributed by atoms with Gasteiger partial charge in [-0.1, -0.05) is 6.07 Å². The van der Waals surface area contributed by atoms with Crippen molar-refractivity contribution in [2.24, 2.45) is 0 Å². The van der Waals surface area contributed by atoms with Crippen molar-refractivity contribution in [1.29, 1.82) is 0 Å². The van der Waals surface area contributed by atoms with E-state index in [4.69, 9.17) is 5.11 Å². The molecule has 0 fully saturated rings. The first-order valence-electron chi connectivity index (χ1n) is 4.69. The molecule has 0 aliphatic rings. The van der Waals surface area contributed by atoms with E-state index >= 15 is 0 Å². The SMILES string of the molecule is CC(CCCO)NCc1cccs1. The zero-order valence-electron chi connectivity index (χ0n) is 7.99. The molecular weight excluding hydrogens is 182 g/mol. The smallest absolute Gasteiger partial charge is 0.0431 e. The second-order valence-corrected chi connectivity index (χ2v) is 4.26. The van der Waals surface area contributed by atoms with Crippen LogP contribution in [0.4, 0.5) is 0 Å². The Kier molecular flexibility index (Phi) is 5.05. The van der Waals surface area contributed by atoms with Crippen LogP contribution in [0.15, 0.2) is 17.5 Å². The van der Waals surface area contributed by atoms with Gasteiger partial charge in [0.15, 0.2) is 0 Å². The molecule has 0 saturated heterocycles. The van der Waals surface area contributed by atoms with Crippen LogP contribution in [0.2, 0.25) is 0 Å². The van der Waals surface area contributed by atoms with Gasteiger partial charge < -0.3 is 10.4 Å². The summed E-state index contributed by atoms with van der Waals surface area (Å²) in [6.45, 7) is 3.40. The summed E-state index contributed by atoms with van der Waals surface area (Å²) in [5.74, 6) is 0. The van der Waals surface area contributed by atoms with E-state index in [2.05, 4.69) is 29.8 Å². The highest BCUT2D eigenvalue weighted by molar-refractivity contribution is 7.09. The molecule has 0 saturated carbocycles. The van der Waals surface area contributed by atoms with Crippen molar-refractivity contribution in [1.82, 2.24) is 5.32 Å². The van der Waals surface area contributed by atoms with Crippen LogP contribution in [0, 0.1) is 0 Å². The summed E-state index contributed by atoms with van der Waals surface area (Å²) in [5, 5.41) is 14.2. The van der Waals surface area contributed by atoms with Gasteiger partial charge in [-0.15, -0.1) is 11.3 Å². The second kappa shape index (κ2) is 6.13. The van der Waals surface area contributed by atoms with Crippen LogP contribution in [0.5, 0.6) is 0 Å². The van der Waals surface area contributed by atoms with Gasteiger partial charge in [-0.2, -0.15) is 0 Å². The highest BCUT2D eigenvalue weighted by Crippen LogP contribution is 2.08. The summed E-state index contributed by atoms with van der Waals surface area (Å²) >= 11 is 1.78.